The van der Waals surface area contributed by atoms with Gasteiger partial charge in [0.05, 0.1) is 25.4 Å². The maximum absolute atomic E-state index is 12.1. The molecule has 0 aliphatic carbocycles. The number of carbonyl (C=O) groups is 1. The first-order chi connectivity index (χ1) is 8.64. The Morgan fingerprint density at radius 1 is 1.44 bits per heavy atom. The van der Waals surface area contributed by atoms with Gasteiger partial charge in [0.2, 0.25) is 0 Å². The number of nitrogens with one attached hydrogen (secondary N) is 1. The minimum absolute atomic E-state index is 0.0796. The van der Waals surface area contributed by atoms with Gasteiger partial charge in [-0.2, -0.15) is 0 Å². The predicted molar refractivity (Wildman–Crippen MR) is 68.9 cm³/mol. The van der Waals surface area contributed by atoms with E-state index in [1.807, 2.05) is 25.1 Å². The Balaban J connectivity index is 1.99. The summed E-state index contributed by atoms with van der Waals surface area (Å²) in [5, 5.41) is 2.94. The molecule has 1 amide bonds. The van der Waals surface area contributed by atoms with Gasteiger partial charge < -0.3 is 14.8 Å². The van der Waals surface area contributed by atoms with Crippen molar-refractivity contribution in [1.82, 2.24) is 5.32 Å². The van der Waals surface area contributed by atoms with Crippen molar-refractivity contribution in [3.05, 3.63) is 29.8 Å². The summed E-state index contributed by atoms with van der Waals surface area (Å²) in [4.78, 5) is 12.1. The van der Waals surface area contributed by atoms with Gasteiger partial charge >= 0.3 is 0 Å². The Hall–Kier alpha value is -1.55. The Bertz CT molecular complexity index is 427. The van der Waals surface area contributed by atoms with E-state index in [4.69, 9.17) is 9.47 Å². The van der Waals surface area contributed by atoms with E-state index >= 15 is 0 Å². The van der Waals surface area contributed by atoms with Gasteiger partial charge in [-0.25, -0.2) is 0 Å². The molecule has 1 N–H and O–H groups in total. The highest BCUT2D eigenvalue weighted by atomic mass is 16.5. The van der Waals surface area contributed by atoms with Crippen LogP contribution in [0.4, 0.5) is 0 Å². The zero-order chi connectivity index (χ0) is 13.0. The summed E-state index contributed by atoms with van der Waals surface area (Å²) in [6, 6.07) is 7.29. The summed E-state index contributed by atoms with van der Waals surface area (Å²) >= 11 is 0. The van der Waals surface area contributed by atoms with Gasteiger partial charge in [0.15, 0.2) is 0 Å². The van der Waals surface area contributed by atoms with Crippen molar-refractivity contribution in [1.29, 1.82) is 0 Å². The molecular formula is C14H19NO3. The largest absolute Gasteiger partial charge is 0.493 e. The molecule has 18 heavy (non-hydrogen) atoms. The number of carbonyl (C=O) groups excluding carboxylic acids is 1. The Labute approximate surface area is 107 Å². The van der Waals surface area contributed by atoms with Gasteiger partial charge in [0.25, 0.3) is 5.91 Å². The molecule has 1 aliphatic rings. The normalized spacial score (nSPS) is 16.8. The lowest BCUT2D eigenvalue weighted by atomic mass is 9.88. The number of hydrogen-bond acceptors (Lipinski definition) is 3. The molecule has 1 aromatic rings. The van der Waals surface area contributed by atoms with Crippen LogP contribution >= 0.6 is 0 Å². The van der Waals surface area contributed by atoms with Crippen molar-refractivity contribution in [2.24, 2.45) is 5.41 Å². The minimum Gasteiger partial charge on any atom is -0.493 e. The van der Waals surface area contributed by atoms with Gasteiger partial charge in [-0.3, -0.25) is 4.79 Å². The molecule has 0 saturated carbocycles. The van der Waals surface area contributed by atoms with Crippen molar-refractivity contribution in [3.63, 3.8) is 0 Å². The Morgan fingerprint density at radius 2 is 2.17 bits per heavy atom. The number of rotatable bonds is 5. The van der Waals surface area contributed by atoms with E-state index in [9.17, 15) is 4.79 Å². The molecule has 1 aliphatic heterocycles. The Morgan fingerprint density at radius 3 is 2.78 bits per heavy atom. The lowest BCUT2D eigenvalue weighted by Gasteiger charge is -2.38. The minimum atomic E-state index is -0.0906. The molecule has 0 aromatic heterocycles. The maximum Gasteiger partial charge on any atom is 0.255 e. The maximum atomic E-state index is 12.1. The fourth-order valence-electron chi connectivity index (χ4n) is 1.88. The summed E-state index contributed by atoms with van der Waals surface area (Å²) in [6.07, 6.45) is 0. The van der Waals surface area contributed by atoms with Crippen LogP contribution < -0.4 is 10.1 Å². The zero-order valence-electron chi connectivity index (χ0n) is 10.9. The number of ether oxygens (including phenoxy) is 2. The summed E-state index contributed by atoms with van der Waals surface area (Å²) in [7, 11) is 0. The molecule has 0 atom stereocenters. The smallest absolute Gasteiger partial charge is 0.255 e. The molecule has 2 rings (SSSR count). The van der Waals surface area contributed by atoms with Crippen LogP contribution in [0.25, 0.3) is 0 Å². The number of amides is 1. The van der Waals surface area contributed by atoms with Crippen LogP contribution in [0.3, 0.4) is 0 Å². The molecule has 4 nitrogen and oxygen atoms in total. The highest BCUT2D eigenvalue weighted by Crippen LogP contribution is 2.25. The summed E-state index contributed by atoms with van der Waals surface area (Å²) in [6.45, 7) is 6.61. The van der Waals surface area contributed by atoms with Crippen molar-refractivity contribution >= 4 is 5.91 Å². The third-order valence-electron chi connectivity index (χ3n) is 3.01. The van der Waals surface area contributed by atoms with Crippen LogP contribution in [0.1, 0.15) is 24.2 Å². The first-order valence-electron chi connectivity index (χ1n) is 6.22. The molecule has 1 heterocycles. The second-order valence-electron chi connectivity index (χ2n) is 4.92. The van der Waals surface area contributed by atoms with E-state index in [-0.39, 0.29) is 11.3 Å². The fourth-order valence-corrected chi connectivity index (χ4v) is 1.88. The second kappa shape index (κ2) is 5.40. The number of hydrogen-bond donors (Lipinski definition) is 1. The van der Waals surface area contributed by atoms with E-state index < -0.39 is 0 Å². The molecule has 1 saturated heterocycles. The molecule has 0 unspecified atom stereocenters. The van der Waals surface area contributed by atoms with Gasteiger partial charge in [-0.05, 0) is 19.1 Å². The molecule has 1 aromatic carbocycles. The van der Waals surface area contributed by atoms with Crippen molar-refractivity contribution < 1.29 is 14.3 Å². The van der Waals surface area contributed by atoms with Gasteiger partial charge in [-0.15, -0.1) is 0 Å². The van der Waals surface area contributed by atoms with Crippen molar-refractivity contribution in [2.75, 3.05) is 26.4 Å². The topological polar surface area (TPSA) is 47.6 Å². The van der Waals surface area contributed by atoms with Crippen molar-refractivity contribution in [2.45, 2.75) is 13.8 Å². The van der Waals surface area contributed by atoms with Crippen LogP contribution in [0.5, 0.6) is 5.75 Å². The monoisotopic (exact) mass is 249 g/mol. The summed E-state index contributed by atoms with van der Waals surface area (Å²) in [5.41, 5.74) is 0.666. The quantitative estimate of drug-likeness (QED) is 0.866. The zero-order valence-corrected chi connectivity index (χ0v) is 10.9. The predicted octanol–water partition coefficient (Wildman–Crippen LogP) is 1.85. The molecule has 0 spiro atoms. The lowest BCUT2D eigenvalue weighted by Crippen LogP contribution is -2.48. The SMILES string of the molecule is CCOc1ccccc1C(=O)NCC1(C)COC1. The average molecular weight is 249 g/mol. The van der Waals surface area contributed by atoms with Crippen molar-refractivity contribution in [3.8, 4) is 5.75 Å². The summed E-state index contributed by atoms with van der Waals surface area (Å²) in [5.74, 6) is 0.541. The van der Waals surface area contributed by atoms with Gasteiger partial charge in [-0.1, -0.05) is 19.1 Å². The van der Waals surface area contributed by atoms with Crippen LogP contribution in [0.2, 0.25) is 0 Å². The van der Waals surface area contributed by atoms with Crippen LogP contribution in [0, 0.1) is 5.41 Å². The van der Waals surface area contributed by atoms with Gasteiger partial charge in [0.1, 0.15) is 5.75 Å². The van der Waals surface area contributed by atoms with Crippen LogP contribution in [-0.4, -0.2) is 32.3 Å². The third kappa shape index (κ3) is 2.82. The molecule has 1 fully saturated rings. The lowest BCUT2D eigenvalue weighted by molar-refractivity contribution is -0.0978. The molecule has 4 heteroatoms. The van der Waals surface area contributed by atoms with Gasteiger partial charge in [0, 0.05) is 12.0 Å². The second-order valence-corrected chi connectivity index (χ2v) is 4.92. The molecule has 0 bridgehead atoms. The van der Waals surface area contributed by atoms with Crippen LogP contribution in [-0.2, 0) is 4.74 Å². The van der Waals surface area contributed by atoms with E-state index in [0.717, 1.165) is 0 Å². The molecule has 98 valence electrons. The van der Waals surface area contributed by atoms with E-state index in [0.29, 0.717) is 37.7 Å². The first-order valence-corrected chi connectivity index (χ1v) is 6.22. The average Bonchev–Trinajstić information content (AvgIpc) is 2.35. The molecular weight excluding hydrogens is 230 g/mol. The Kier molecular flexibility index (Phi) is 3.87. The highest BCUT2D eigenvalue weighted by Gasteiger charge is 2.33. The fraction of sp³-hybridized carbons (Fsp3) is 0.500. The third-order valence-corrected chi connectivity index (χ3v) is 3.01. The van der Waals surface area contributed by atoms with E-state index in [2.05, 4.69) is 12.2 Å². The first kappa shape index (κ1) is 12.9. The number of benzene rings is 1. The van der Waals surface area contributed by atoms with Crippen LogP contribution in [0.15, 0.2) is 24.3 Å². The van der Waals surface area contributed by atoms with E-state index in [1.165, 1.54) is 0 Å². The number of para-hydroxylation sites is 1. The van der Waals surface area contributed by atoms with E-state index in [1.54, 1.807) is 6.07 Å². The highest BCUT2D eigenvalue weighted by molar-refractivity contribution is 5.96. The summed E-state index contributed by atoms with van der Waals surface area (Å²) < 4.78 is 10.6. The molecule has 0 radical (unpaired) electrons. The standard InChI is InChI=1S/C14H19NO3/c1-3-18-12-7-5-4-6-11(12)13(16)15-8-14(2)9-17-10-14/h4-7H,3,8-10H2,1-2H3,(H,15,16).